The van der Waals surface area contributed by atoms with Crippen molar-refractivity contribution in [3.63, 3.8) is 0 Å². The van der Waals surface area contributed by atoms with E-state index in [1.54, 1.807) is 6.21 Å². The van der Waals surface area contributed by atoms with Crippen LogP contribution in [0.15, 0.2) is 5.16 Å². The summed E-state index contributed by atoms with van der Waals surface area (Å²) in [4.78, 5) is 0. The second-order valence-electron chi connectivity index (χ2n) is 4.10. The van der Waals surface area contributed by atoms with Crippen LogP contribution >= 0.6 is 0 Å². The molecule has 0 aromatic rings. The molecule has 2 aliphatic carbocycles. The number of oxime groups is 1. The van der Waals surface area contributed by atoms with Crippen LogP contribution in [0.1, 0.15) is 38.5 Å². The lowest BCUT2D eigenvalue weighted by molar-refractivity contribution is 0.288. The quantitative estimate of drug-likeness (QED) is 0.350. The predicted octanol–water partition coefficient (Wildman–Crippen LogP) is 2.42. The van der Waals surface area contributed by atoms with E-state index in [0.717, 1.165) is 5.41 Å². The van der Waals surface area contributed by atoms with Gasteiger partial charge in [0, 0.05) is 6.21 Å². The number of hydrogen-bond donors (Lipinski definition) is 1. The Hall–Kier alpha value is -0.530. The van der Waals surface area contributed by atoms with Gasteiger partial charge in [0.05, 0.1) is 0 Å². The van der Waals surface area contributed by atoms with Crippen molar-refractivity contribution in [1.82, 2.24) is 0 Å². The summed E-state index contributed by atoms with van der Waals surface area (Å²) in [6.45, 7) is 0. The standard InChI is InChI=1S/C9H15NO/c11-10-7-8-1-3-9(4-2-8)5-6-9/h7-8,11H,1-6H2/b10-7+. The third kappa shape index (κ3) is 1.39. The summed E-state index contributed by atoms with van der Waals surface area (Å²) < 4.78 is 0. The van der Waals surface area contributed by atoms with Gasteiger partial charge in [-0.3, -0.25) is 0 Å². The lowest BCUT2D eigenvalue weighted by Gasteiger charge is -2.25. The molecule has 0 atom stereocenters. The first-order valence-electron chi connectivity index (χ1n) is 4.52. The summed E-state index contributed by atoms with van der Waals surface area (Å²) in [6, 6.07) is 0. The van der Waals surface area contributed by atoms with Crippen molar-refractivity contribution in [2.75, 3.05) is 0 Å². The van der Waals surface area contributed by atoms with Gasteiger partial charge in [0.1, 0.15) is 0 Å². The summed E-state index contributed by atoms with van der Waals surface area (Å²) >= 11 is 0. The van der Waals surface area contributed by atoms with Crippen LogP contribution in [-0.4, -0.2) is 11.4 Å². The second-order valence-corrected chi connectivity index (χ2v) is 4.10. The zero-order valence-electron chi connectivity index (χ0n) is 6.79. The molecule has 2 rings (SSSR count). The molecule has 2 saturated carbocycles. The molecule has 1 N–H and O–H groups in total. The lowest BCUT2D eigenvalue weighted by atomic mass is 9.80. The van der Waals surface area contributed by atoms with Gasteiger partial charge in [-0.15, -0.1) is 5.16 Å². The van der Waals surface area contributed by atoms with Crippen LogP contribution in [0.2, 0.25) is 0 Å². The van der Waals surface area contributed by atoms with Gasteiger partial charge < -0.3 is 5.21 Å². The van der Waals surface area contributed by atoms with Crippen LogP contribution in [0, 0.1) is 11.3 Å². The third-order valence-corrected chi connectivity index (χ3v) is 3.33. The van der Waals surface area contributed by atoms with Crippen molar-refractivity contribution >= 4 is 6.21 Å². The highest BCUT2D eigenvalue weighted by Gasteiger charge is 2.44. The molecule has 0 saturated heterocycles. The van der Waals surface area contributed by atoms with Crippen LogP contribution in [0.3, 0.4) is 0 Å². The van der Waals surface area contributed by atoms with Gasteiger partial charge in [0.25, 0.3) is 0 Å². The van der Waals surface area contributed by atoms with Gasteiger partial charge >= 0.3 is 0 Å². The van der Waals surface area contributed by atoms with Gasteiger partial charge in [-0.1, -0.05) is 0 Å². The Balaban J connectivity index is 1.84. The molecule has 2 nitrogen and oxygen atoms in total. The van der Waals surface area contributed by atoms with E-state index >= 15 is 0 Å². The maximum absolute atomic E-state index is 8.33. The molecule has 2 heteroatoms. The SMILES string of the molecule is O/N=C/C1CCC2(CC1)CC2. The average molecular weight is 153 g/mol. The van der Waals surface area contributed by atoms with Crippen molar-refractivity contribution in [2.24, 2.45) is 16.5 Å². The van der Waals surface area contributed by atoms with E-state index in [2.05, 4.69) is 5.16 Å². The van der Waals surface area contributed by atoms with E-state index in [4.69, 9.17) is 5.21 Å². The first-order valence-corrected chi connectivity index (χ1v) is 4.52. The zero-order valence-corrected chi connectivity index (χ0v) is 6.79. The lowest BCUT2D eigenvalue weighted by Crippen LogP contribution is -2.15. The van der Waals surface area contributed by atoms with Crippen molar-refractivity contribution in [2.45, 2.75) is 38.5 Å². The van der Waals surface area contributed by atoms with E-state index in [-0.39, 0.29) is 0 Å². The van der Waals surface area contributed by atoms with Crippen LogP contribution in [0.5, 0.6) is 0 Å². The Morgan fingerprint density at radius 2 is 1.82 bits per heavy atom. The molecule has 11 heavy (non-hydrogen) atoms. The maximum Gasteiger partial charge on any atom is 0.0466 e. The Morgan fingerprint density at radius 3 is 2.27 bits per heavy atom. The van der Waals surface area contributed by atoms with E-state index in [1.807, 2.05) is 0 Å². The largest absolute Gasteiger partial charge is 0.411 e. The summed E-state index contributed by atoms with van der Waals surface area (Å²) in [5.41, 5.74) is 0.764. The van der Waals surface area contributed by atoms with E-state index in [0.29, 0.717) is 5.92 Å². The van der Waals surface area contributed by atoms with Crippen LogP contribution < -0.4 is 0 Å². The molecule has 0 bridgehead atoms. The van der Waals surface area contributed by atoms with Crippen molar-refractivity contribution in [3.05, 3.63) is 0 Å². The highest BCUT2D eigenvalue weighted by atomic mass is 16.4. The topological polar surface area (TPSA) is 32.6 Å². The Kier molecular flexibility index (Phi) is 1.63. The van der Waals surface area contributed by atoms with Crippen LogP contribution in [0.25, 0.3) is 0 Å². The van der Waals surface area contributed by atoms with Crippen LogP contribution in [-0.2, 0) is 0 Å². The van der Waals surface area contributed by atoms with Crippen LogP contribution in [0.4, 0.5) is 0 Å². The molecule has 0 heterocycles. The van der Waals surface area contributed by atoms with E-state index in [1.165, 1.54) is 38.5 Å². The van der Waals surface area contributed by atoms with Gasteiger partial charge in [-0.25, -0.2) is 0 Å². The molecular weight excluding hydrogens is 138 g/mol. The average Bonchev–Trinajstić information content (AvgIpc) is 2.76. The Bertz CT molecular complexity index is 162. The molecule has 2 fully saturated rings. The van der Waals surface area contributed by atoms with Crippen molar-refractivity contribution in [1.29, 1.82) is 0 Å². The molecule has 62 valence electrons. The summed E-state index contributed by atoms with van der Waals surface area (Å²) in [6.07, 6.45) is 9.82. The minimum absolute atomic E-state index is 0.561. The van der Waals surface area contributed by atoms with Gasteiger partial charge in [-0.05, 0) is 49.9 Å². The third-order valence-electron chi connectivity index (χ3n) is 3.33. The Morgan fingerprint density at radius 1 is 1.18 bits per heavy atom. The smallest absolute Gasteiger partial charge is 0.0466 e. The van der Waals surface area contributed by atoms with Crippen molar-refractivity contribution in [3.8, 4) is 0 Å². The molecule has 0 aromatic heterocycles. The summed E-state index contributed by atoms with van der Waals surface area (Å²) in [5.74, 6) is 0.561. The molecule has 2 aliphatic rings. The predicted molar refractivity (Wildman–Crippen MR) is 43.9 cm³/mol. The minimum atomic E-state index is 0.561. The molecule has 0 radical (unpaired) electrons. The Labute approximate surface area is 67.3 Å². The van der Waals surface area contributed by atoms with Gasteiger partial charge in [0.15, 0.2) is 0 Å². The maximum atomic E-state index is 8.33. The molecular formula is C9H15NO. The summed E-state index contributed by atoms with van der Waals surface area (Å²) in [7, 11) is 0. The molecule has 0 unspecified atom stereocenters. The molecule has 0 amide bonds. The number of nitrogens with zero attached hydrogens (tertiary/aromatic N) is 1. The number of rotatable bonds is 1. The monoisotopic (exact) mass is 153 g/mol. The molecule has 1 spiro atoms. The minimum Gasteiger partial charge on any atom is -0.411 e. The molecule has 0 aliphatic heterocycles. The molecule has 0 aromatic carbocycles. The fourth-order valence-electron chi connectivity index (χ4n) is 2.17. The van der Waals surface area contributed by atoms with Gasteiger partial charge in [0.2, 0.25) is 0 Å². The first-order chi connectivity index (χ1) is 5.35. The fourth-order valence-corrected chi connectivity index (χ4v) is 2.17. The zero-order chi connectivity index (χ0) is 7.73. The highest BCUT2D eigenvalue weighted by Crippen LogP contribution is 2.56. The highest BCUT2D eigenvalue weighted by molar-refractivity contribution is 5.59. The van der Waals surface area contributed by atoms with E-state index < -0.39 is 0 Å². The summed E-state index contributed by atoms with van der Waals surface area (Å²) in [5, 5.41) is 11.4. The fraction of sp³-hybridized carbons (Fsp3) is 0.889. The van der Waals surface area contributed by atoms with Gasteiger partial charge in [-0.2, -0.15) is 0 Å². The second kappa shape index (κ2) is 2.50. The van der Waals surface area contributed by atoms with E-state index in [9.17, 15) is 0 Å². The first kappa shape index (κ1) is 7.14. The number of hydrogen-bond acceptors (Lipinski definition) is 2. The van der Waals surface area contributed by atoms with Crippen molar-refractivity contribution < 1.29 is 5.21 Å². The normalized spacial score (nSPS) is 29.8.